The minimum Gasteiger partial charge on any atom is -0.368 e. The van der Waals surface area contributed by atoms with Gasteiger partial charge in [0, 0.05) is 12.6 Å². The summed E-state index contributed by atoms with van der Waals surface area (Å²) < 4.78 is 27.8. The van der Waals surface area contributed by atoms with E-state index < -0.39 is 11.6 Å². The summed E-state index contributed by atoms with van der Waals surface area (Å²) >= 11 is 0. The number of anilines is 1. The van der Waals surface area contributed by atoms with E-state index in [2.05, 4.69) is 20.4 Å². The van der Waals surface area contributed by atoms with E-state index in [1.165, 1.54) is 12.7 Å². The van der Waals surface area contributed by atoms with Crippen molar-refractivity contribution in [1.29, 1.82) is 0 Å². The largest absolute Gasteiger partial charge is 0.368 e. The van der Waals surface area contributed by atoms with E-state index in [4.69, 9.17) is 0 Å². The van der Waals surface area contributed by atoms with Crippen LogP contribution in [-0.2, 0) is 0 Å². The maximum Gasteiger partial charge on any atom is 0.193 e. The van der Waals surface area contributed by atoms with Crippen molar-refractivity contribution < 1.29 is 8.78 Å². The van der Waals surface area contributed by atoms with Gasteiger partial charge in [-0.05, 0) is 6.92 Å². The first kappa shape index (κ1) is 10.5. The number of nitrogens with zero attached hydrogens (tertiary/aromatic N) is 4. The molecule has 0 amide bonds. The number of nitrogens with one attached hydrogen (secondary N) is 1. The summed E-state index contributed by atoms with van der Waals surface area (Å²) in [5, 5.41) is 6.42. The normalized spacial score (nSPS) is 10.4. The highest BCUT2D eigenvalue weighted by Crippen LogP contribution is 2.17. The smallest absolute Gasteiger partial charge is 0.193 e. The standard InChI is InChI=1S/C9H9F2N5/c1-2-13-8-6(10)3-7(11)9(15-8)16-5-12-4-14-16/h3-5H,2H2,1H3,(H,13,15). The van der Waals surface area contributed by atoms with Gasteiger partial charge in [-0.25, -0.2) is 18.7 Å². The molecular weight excluding hydrogens is 216 g/mol. The third-order valence-electron chi connectivity index (χ3n) is 1.89. The Hall–Kier alpha value is -2.05. The number of pyridine rings is 1. The van der Waals surface area contributed by atoms with Crippen molar-refractivity contribution in [2.45, 2.75) is 6.92 Å². The van der Waals surface area contributed by atoms with Crippen LogP contribution in [0.3, 0.4) is 0 Å². The molecule has 2 aromatic rings. The van der Waals surface area contributed by atoms with Crippen LogP contribution in [0.1, 0.15) is 6.92 Å². The lowest BCUT2D eigenvalue weighted by Crippen LogP contribution is -2.08. The third-order valence-corrected chi connectivity index (χ3v) is 1.89. The van der Waals surface area contributed by atoms with Crippen LogP contribution in [0.2, 0.25) is 0 Å². The molecular formula is C9H9F2N5. The van der Waals surface area contributed by atoms with Gasteiger partial charge < -0.3 is 5.32 Å². The van der Waals surface area contributed by atoms with Gasteiger partial charge >= 0.3 is 0 Å². The first-order valence-corrected chi connectivity index (χ1v) is 4.67. The first-order valence-electron chi connectivity index (χ1n) is 4.67. The highest BCUT2D eigenvalue weighted by Gasteiger charge is 2.13. The lowest BCUT2D eigenvalue weighted by Gasteiger charge is -2.07. The van der Waals surface area contributed by atoms with Crippen molar-refractivity contribution in [3.8, 4) is 5.82 Å². The summed E-state index contributed by atoms with van der Waals surface area (Å²) in [6.07, 6.45) is 2.54. The van der Waals surface area contributed by atoms with E-state index in [0.717, 1.165) is 10.7 Å². The Morgan fingerprint density at radius 3 is 2.81 bits per heavy atom. The van der Waals surface area contributed by atoms with E-state index in [-0.39, 0.29) is 11.6 Å². The van der Waals surface area contributed by atoms with Crippen LogP contribution in [0.15, 0.2) is 18.7 Å². The Kier molecular flexibility index (Phi) is 2.76. The van der Waals surface area contributed by atoms with Crippen molar-refractivity contribution >= 4 is 5.82 Å². The molecule has 0 saturated carbocycles. The monoisotopic (exact) mass is 225 g/mol. The molecule has 0 fully saturated rings. The van der Waals surface area contributed by atoms with Crippen LogP contribution in [-0.4, -0.2) is 26.3 Å². The molecule has 5 nitrogen and oxygen atoms in total. The average Bonchev–Trinajstić information content (AvgIpc) is 2.75. The van der Waals surface area contributed by atoms with Crippen molar-refractivity contribution in [2.24, 2.45) is 0 Å². The lowest BCUT2D eigenvalue weighted by molar-refractivity contribution is 0.563. The Bertz CT molecular complexity index is 483. The van der Waals surface area contributed by atoms with Gasteiger partial charge in [-0.15, -0.1) is 0 Å². The van der Waals surface area contributed by atoms with Crippen molar-refractivity contribution in [3.05, 3.63) is 30.4 Å². The first-order chi connectivity index (χ1) is 7.72. The summed E-state index contributed by atoms with van der Waals surface area (Å²) in [6.45, 7) is 2.28. The van der Waals surface area contributed by atoms with Crippen molar-refractivity contribution in [3.63, 3.8) is 0 Å². The Balaban J connectivity index is 2.49. The molecule has 2 aromatic heterocycles. The summed E-state index contributed by atoms with van der Waals surface area (Å²) in [7, 11) is 0. The third kappa shape index (κ3) is 1.83. The number of hydrogen-bond acceptors (Lipinski definition) is 4. The molecule has 0 radical (unpaired) electrons. The fourth-order valence-corrected chi connectivity index (χ4v) is 1.23. The Labute approximate surface area is 90.1 Å². The van der Waals surface area contributed by atoms with Crippen molar-refractivity contribution in [1.82, 2.24) is 19.7 Å². The molecule has 0 saturated heterocycles. The van der Waals surface area contributed by atoms with Crippen molar-refractivity contribution in [2.75, 3.05) is 11.9 Å². The van der Waals surface area contributed by atoms with Crippen LogP contribution >= 0.6 is 0 Å². The summed E-state index contributed by atoms with van der Waals surface area (Å²) in [5.41, 5.74) is 0. The topological polar surface area (TPSA) is 55.6 Å². The van der Waals surface area contributed by atoms with Gasteiger partial charge in [-0.2, -0.15) is 9.78 Å². The molecule has 0 aliphatic heterocycles. The van der Waals surface area contributed by atoms with Gasteiger partial charge in [0.25, 0.3) is 0 Å². The van der Waals surface area contributed by atoms with E-state index in [0.29, 0.717) is 6.54 Å². The number of halogens is 2. The second kappa shape index (κ2) is 4.21. The molecule has 0 aliphatic carbocycles. The SMILES string of the molecule is CCNc1nc(-n2cncn2)c(F)cc1F. The molecule has 0 aliphatic rings. The molecule has 16 heavy (non-hydrogen) atoms. The zero-order valence-corrected chi connectivity index (χ0v) is 8.48. The highest BCUT2D eigenvalue weighted by atomic mass is 19.1. The fourth-order valence-electron chi connectivity index (χ4n) is 1.23. The summed E-state index contributed by atoms with van der Waals surface area (Å²) in [5.74, 6) is -1.61. The number of rotatable bonds is 3. The second-order valence-corrected chi connectivity index (χ2v) is 2.99. The summed E-state index contributed by atoms with van der Waals surface area (Å²) in [6, 6.07) is 0.766. The van der Waals surface area contributed by atoms with E-state index in [1.807, 2.05) is 0 Å². The van der Waals surface area contributed by atoms with Gasteiger partial charge in [0.1, 0.15) is 12.7 Å². The molecule has 2 heterocycles. The average molecular weight is 225 g/mol. The molecule has 0 unspecified atom stereocenters. The van der Waals surface area contributed by atoms with Gasteiger partial charge in [0.15, 0.2) is 23.3 Å². The second-order valence-electron chi connectivity index (χ2n) is 2.99. The molecule has 0 bridgehead atoms. The van der Waals surface area contributed by atoms with Crippen LogP contribution in [0, 0.1) is 11.6 Å². The Morgan fingerprint density at radius 1 is 1.38 bits per heavy atom. The molecule has 0 spiro atoms. The number of aromatic nitrogens is 4. The molecule has 0 atom stereocenters. The zero-order valence-electron chi connectivity index (χ0n) is 8.48. The fraction of sp³-hybridized carbons (Fsp3) is 0.222. The predicted molar refractivity (Wildman–Crippen MR) is 53.2 cm³/mol. The molecule has 2 rings (SSSR count). The lowest BCUT2D eigenvalue weighted by atomic mass is 10.4. The molecule has 1 N–H and O–H groups in total. The Morgan fingerprint density at radius 2 is 2.19 bits per heavy atom. The van der Waals surface area contributed by atoms with Gasteiger partial charge in [0.2, 0.25) is 0 Å². The maximum absolute atomic E-state index is 13.4. The van der Waals surface area contributed by atoms with Gasteiger partial charge in [0.05, 0.1) is 0 Å². The minimum atomic E-state index is -0.787. The summed E-state index contributed by atoms with van der Waals surface area (Å²) in [4.78, 5) is 7.47. The minimum absolute atomic E-state index is 0.00519. The van der Waals surface area contributed by atoms with Gasteiger partial charge in [-0.1, -0.05) is 0 Å². The zero-order chi connectivity index (χ0) is 11.5. The highest BCUT2D eigenvalue weighted by molar-refractivity contribution is 5.41. The van der Waals surface area contributed by atoms with Crippen LogP contribution in [0.25, 0.3) is 5.82 Å². The van der Waals surface area contributed by atoms with E-state index in [9.17, 15) is 8.78 Å². The maximum atomic E-state index is 13.4. The molecule has 84 valence electrons. The van der Waals surface area contributed by atoms with Crippen LogP contribution in [0.4, 0.5) is 14.6 Å². The van der Waals surface area contributed by atoms with E-state index in [1.54, 1.807) is 6.92 Å². The van der Waals surface area contributed by atoms with Gasteiger partial charge in [-0.3, -0.25) is 0 Å². The number of hydrogen-bond donors (Lipinski definition) is 1. The quantitative estimate of drug-likeness (QED) is 0.857. The molecule has 7 heteroatoms. The predicted octanol–water partition coefficient (Wildman–Crippen LogP) is 1.37. The van der Waals surface area contributed by atoms with Crippen LogP contribution in [0.5, 0.6) is 0 Å². The van der Waals surface area contributed by atoms with Crippen LogP contribution < -0.4 is 5.32 Å². The van der Waals surface area contributed by atoms with E-state index >= 15 is 0 Å². The molecule has 0 aromatic carbocycles.